The van der Waals surface area contributed by atoms with Gasteiger partial charge in [0.1, 0.15) is 5.82 Å². The highest BCUT2D eigenvalue weighted by Crippen LogP contribution is 2.29. The Morgan fingerprint density at radius 2 is 2.00 bits per heavy atom. The van der Waals surface area contributed by atoms with Crippen molar-refractivity contribution in [3.63, 3.8) is 0 Å². The molecular formula is C22H29F2N7O. The molecule has 0 radical (unpaired) electrons. The molecule has 2 aromatic rings. The van der Waals surface area contributed by atoms with Crippen LogP contribution in [0.3, 0.4) is 0 Å². The fourth-order valence-corrected chi connectivity index (χ4v) is 5.00. The summed E-state index contributed by atoms with van der Waals surface area (Å²) >= 11 is 0. The minimum absolute atomic E-state index is 0.150. The van der Waals surface area contributed by atoms with Gasteiger partial charge in [0.05, 0.1) is 18.3 Å². The van der Waals surface area contributed by atoms with Crippen LogP contribution >= 0.6 is 0 Å². The second kappa shape index (κ2) is 8.40. The van der Waals surface area contributed by atoms with Crippen molar-refractivity contribution in [2.45, 2.75) is 37.8 Å². The fourth-order valence-electron chi connectivity index (χ4n) is 5.00. The normalized spacial score (nSPS) is 26.1. The van der Waals surface area contributed by atoms with Crippen LogP contribution in [0.4, 0.5) is 14.6 Å². The largest absolute Gasteiger partial charge is 0.354 e. The summed E-state index contributed by atoms with van der Waals surface area (Å²) in [7, 11) is 0. The predicted octanol–water partition coefficient (Wildman–Crippen LogP) is 1.30. The molecule has 5 heterocycles. The second-order valence-corrected chi connectivity index (χ2v) is 8.98. The van der Waals surface area contributed by atoms with E-state index in [0.29, 0.717) is 13.0 Å². The van der Waals surface area contributed by atoms with Gasteiger partial charge in [0.2, 0.25) is 5.91 Å². The van der Waals surface area contributed by atoms with Crippen LogP contribution in [0.25, 0.3) is 5.82 Å². The van der Waals surface area contributed by atoms with Crippen LogP contribution in [0.1, 0.15) is 18.5 Å². The summed E-state index contributed by atoms with van der Waals surface area (Å²) in [5, 5.41) is 7.89. The predicted molar refractivity (Wildman–Crippen MR) is 116 cm³/mol. The number of halogens is 2. The molecule has 0 aliphatic carbocycles. The minimum atomic E-state index is -2.75. The number of carbonyl (C=O) groups is 1. The van der Waals surface area contributed by atoms with Gasteiger partial charge < -0.3 is 15.1 Å². The van der Waals surface area contributed by atoms with Gasteiger partial charge in [-0.1, -0.05) is 6.07 Å². The summed E-state index contributed by atoms with van der Waals surface area (Å²) in [5.74, 6) is -1.09. The molecule has 2 aromatic heterocycles. The van der Waals surface area contributed by atoms with E-state index >= 15 is 0 Å². The maximum Gasteiger partial charge on any atom is 0.267 e. The first-order chi connectivity index (χ1) is 15.4. The van der Waals surface area contributed by atoms with E-state index in [1.165, 1.54) is 4.90 Å². The first-order valence-electron chi connectivity index (χ1n) is 11.3. The summed E-state index contributed by atoms with van der Waals surface area (Å²) in [6.07, 6.45) is 2.21. The van der Waals surface area contributed by atoms with Gasteiger partial charge in [-0.3, -0.25) is 9.69 Å². The van der Waals surface area contributed by atoms with Crippen LogP contribution < -0.4 is 10.2 Å². The van der Waals surface area contributed by atoms with Crippen molar-refractivity contribution in [3.8, 4) is 5.82 Å². The highest BCUT2D eigenvalue weighted by atomic mass is 19.3. The van der Waals surface area contributed by atoms with E-state index in [4.69, 9.17) is 0 Å². The number of hydrogen-bond acceptors (Lipinski definition) is 6. The molecule has 10 heteroatoms. The molecule has 2 atom stereocenters. The van der Waals surface area contributed by atoms with E-state index in [0.717, 1.165) is 43.5 Å². The van der Waals surface area contributed by atoms with Crippen molar-refractivity contribution in [1.29, 1.82) is 0 Å². The number of likely N-dealkylation sites (tertiary alicyclic amines) is 1. The lowest BCUT2D eigenvalue weighted by atomic mass is 10.1. The monoisotopic (exact) mass is 445 g/mol. The highest BCUT2D eigenvalue weighted by molar-refractivity contribution is 5.82. The molecule has 0 unspecified atom stereocenters. The average molecular weight is 446 g/mol. The van der Waals surface area contributed by atoms with Gasteiger partial charge in [-0.15, -0.1) is 0 Å². The van der Waals surface area contributed by atoms with E-state index in [-0.39, 0.29) is 31.0 Å². The van der Waals surface area contributed by atoms with Crippen molar-refractivity contribution in [1.82, 2.24) is 29.9 Å². The summed E-state index contributed by atoms with van der Waals surface area (Å²) in [6.45, 7) is 5.86. The zero-order chi connectivity index (χ0) is 22.3. The number of alkyl halides is 2. The lowest BCUT2D eigenvalue weighted by molar-refractivity contribution is -0.133. The van der Waals surface area contributed by atoms with Crippen LogP contribution in [0, 0.1) is 6.92 Å². The molecule has 172 valence electrons. The maximum absolute atomic E-state index is 13.5. The van der Waals surface area contributed by atoms with Crippen molar-refractivity contribution >= 4 is 11.7 Å². The first kappa shape index (κ1) is 21.3. The number of hydrogen-bond donors (Lipinski definition) is 1. The Morgan fingerprint density at radius 1 is 1.19 bits per heavy atom. The second-order valence-electron chi connectivity index (χ2n) is 8.98. The van der Waals surface area contributed by atoms with Gasteiger partial charge in [0.15, 0.2) is 5.82 Å². The summed E-state index contributed by atoms with van der Waals surface area (Å²) < 4.78 is 28.9. The number of carbonyl (C=O) groups excluding carboxylic acids is 1. The Kier molecular flexibility index (Phi) is 5.58. The molecule has 0 spiro atoms. The van der Waals surface area contributed by atoms with E-state index in [2.05, 4.69) is 31.3 Å². The molecule has 3 saturated heterocycles. The van der Waals surface area contributed by atoms with Crippen LogP contribution in [-0.2, 0) is 4.79 Å². The fraction of sp³-hybridized carbons (Fsp3) is 0.591. The lowest BCUT2D eigenvalue weighted by Gasteiger charge is -2.38. The lowest BCUT2D eigenvalue weighted by Crippen LogP contribution is -2.51. The van der Waals surface area contributed by atoms with Crippen LogP contribution in [0.5, 0.6) is 0 Å². The molecule has 1 amide bonds. The Balaban J connectivity index is 1.18. The minimum Gasteiger partial charge on any atom is -0.354 e. The molecular weight excluding hydrogens is 416 g/mol. The van der Waals surface area contributed by atoms with Crippen molar-refractivity contribution in [2.75, 3.05) is 50.7 Å². The van der Waals surface area contributed by atoms with Gasteiger partial charge >= 0.3 is 0 Å². The third-order valence-corrected chi connectivity index (χ3v) is 6.72. The summed E-state index contributed by atoms with van der Waals surface area (Å²) in [4.78, 5) is 23.1. The van der Waals surface area contributed by atoms with Gasteiger partial charge in [0, 0.05) is 64.0 Å². The molecule has 3 aliphatic rings. The van der Waals surface area contributed by atoms with Gasteiger partial charge in [-0.05, 0) is 25.5 Å². The first-order valence-corrected chi connectivity index (χ1v) is 11.3. The number of nitrogens with one attached hydrogen (secondary N) is 1. The maximum atomic E-state index is 13.5. The van der Waals surface area contributed by atoms with Crippen LogP contribution in [0.2, 0.25) is 0 Å². The van der Waals surface area contributed by atoms with E-state index in [9.17, 15) is 13.6 Å². The molecule has 3 fully saturated rings. The number of piperazine rings is 1. The Labute approximate surface area is 186 Å². The quantitative estimate of drug-likeness (QED) is 0.765. The summed E-state index contributed by atoms with van der Waals surface area (Å²) in [6, 6.07) is 7.76. The van der Waals surface area contributed by atoms with Crippen molar-refractivity contribution in [3.05, 3.63) is 36.2 Å². The van der Waals surface area contributed by atoms with Crippen molar-refractivity contribution in [2.24, 2.45) is 0 Å². The van der Waals surface area contributed by atoms with Crippen molar-refractivity contribution < 1.29 is 13.6 Å². The molecule has 8 nitrogen and oxygen atoms in total. The standard InChI is InChI=1S/C22H29F2N7O/c1-16-12-20(31(27-16)19-4-2-3-6-25-19)29-10-8-28(9-11-29)17-13-18(26-14-17)21(32)30-7-5-22(23,24)15-30/h2-4,6,12,17-18,26H,5,7-11,13-15H2,1H3/t17-,18-/m0/s1. The molecule has 0 aromatic carbocycles. The Bertz CT molecular complexity index is 958. The molecule has 3 aliphatic heterocycles. The smallest absolute Gasteiger partial charge is 0.267 e. The number of rotatable bonds is 4. The molecule has 0 saturated carbocycles. The SMILES string of the molecule is Cc1cc(N2CCN([C@@H]3CN[C@H](C(=O)N4CCC(F)(F)C4)C3)CC2)n(-c2ccccn2)n1. The van der Waals surface area contributed by atoms with Crippen LogP contribution in [-0.4, -0.2) is 94.3 Å². The van der Waals surface area contributed by atoms with E-state index < -0.39 is 12.5 Å². The topological polar surface area (TPSA) is 69.5 Å². The molecule has 1 N–H and O–H groups in total. The molecule has 5 rings (SSSR count). The highest BCUT2D eigenvalue weighted by Gasteiger charge is 2.43. The zero-order valence-electron chi connectivity index (χ0n) is 18.3. The number of anilines is 1. The van der Waals surface area contributed by atoms with E-state index in [1.807, 2.05) is 29.8 Å². The third kappa shape index (κ3) is 4.21. The third-order valence-electron chi connectivity index (χ3n) is 6.72. The number of amides is 1. The van der Waals surface area contributed by atoms with Gasteiger partial charge in [0.25, 0.3) is 5.92 Å². The van der Waals surface area contributed by atoms with Gasteiger partial charge in [-0.25, -0.2) is 13.8 Å². The number of pyridine rings is 1. The number of nitrogens with zero attached hydrogens (tertiary/aromatic N) is 6. The molecule has 0 bridgehead atoms. The zero-order valence-corrected chi connectivity index (χ0v) is 18.3. The van der Waals surface area contributed by atoms with Crippen LogP contribution in [0.15, 0.2) is 30.5 Å². The number of aromatic nitrogens is 3. The Morgan fingerprint density at radius 3 is 2.69 bits per heavy atom. The summed E-state index contributed by atoms with van der Waals surface area (Å²) in [5.41, 5.74) is 0.946. The van der Waals surface area contributed by atoms with E-state index in [1.54, 1.807) is 6.20 Å². The Hall–Kier alpha value is -2.59. The van der Waals surface area contributed by atoms with Gasteiger partial charge in [-0.2, -0.15) is 9.78 Å². The number of aryl methyl sites for hydroxylation is 1. The average Bonchev–Trinajstić information content (AvgIpc) is 3.52. The molecule has 32 heavy (non-hydrogen) atoms.